The summed E-state index contributed by atoms with van der Waals surface area (Å²) in [6.07, 6.45) is 0.932. The Hall–Kier alpha value is -3.46. The molecule has 1 aromatic heterocycles. The third-order valence-electron chi connectivity index (χ3n) is 5.53. The zero-order valence-corrected chi connectivity index (χ0v) is 19.5. The van der Waals surface area contributed by atoms with E-state index in [1.807, 2.05) is 29.6 Å². The number of fused-ring (bicyclic) bond motifs is 2. The van der Waals surface area contributed by atoms with Crippen molar-refractivity contribution in [2.24, 2.45) is 4.99 Å². The Morgan fingerprint density at radius 1 is 1.21 bits per heavy atom. The Balaban J connectivity index is 1.45. The predicted molar refractivity (Wildman–Crippen MR) is 127 cm³/mol. The highest BCUT2D eigenvalue weighted by Crippen LogP contribution is 2.30. The van der Waals surface area contributed by atoms with Gasteiger partial charge in [-0.15, -0.1) is 11.3 Å². The average Bonchev–Trinajstić information content (AvgIpc) is 3.21. The number of hydrogen-bond acceptors (Lipinski definition) is 7. The highest BCUT2D eigenvalue weighted by molar-refractivity contribution is 7.10. The Morgan fingerprint density at radius 2 is 2.03 bits per heavy atom. The van der Waals surface area contributed by atoms with Gasteiger partial charge >= 0.3 is 5.97 Å². The molecule has 4 rings (SSSR count). The van der Waals surface area contributed by atoms with Crippen LogP contribution in [0.15, 0.2) is 52.0 Å². The fraction of sp³-hybridized carbons (Fsp3) is 0.333. The van der Waals surface area contributed by atoms with Crippen LogP contribution in [0, 0.1) is 0 Å². The minimum Gasteiger partial charge on any atom is -0.462 e. The van der Waals surface area contributed by atoms with Crippen LogP contribution in [0.2, 0.25) is 0 Å². The van der Waals surface area contributed by atoms with Crippen LogP contribution < -0.4 is 10.6 Å². The summed E-state index contributed by atoms with van der Waals surface area (Å²) in [5.74, 6) is -0.912. The van der Waals surface area contributed by atoms with Gasteiger partial charge in [-0.2, -0.15) is 0 Å². The number of ether oxygens (including phenoxy) is 1. The first-order valence-electron chi connectivity index (χ1n) is 10.9. The second-order valence-corrected chi connectivity index (χ2v) is 8.81. The fourth-order valence-corrected chi connectivity index (χ4v) is 4.76. The average molecular weight is 467 g/mol. The SMILES string of the molecule is CCOC(=O)C1=C(C)Nc2ccccc2N=C1NC(=O)CCC(=O)N1CCc2sccc2C1. The number of esters is 1. The highest BCUT2D eigenvalue weighted by Gasteiger charge is 2.27. The minimum atomic E-state index is -0.578. The summed E-state index contributed by atoms with van der Waals surface area (Å²) in [5.41, 5.74) is 3.17. The standard InChI is InChI=1S/C24H26N4O4S/c1-3-32-24(31)22-15(2)25-17-6-4-5-7-18(17)26-23(22)27-20(29)8-9-21(30)28-12-10-19-16(14-28)11-13-33-19/h4-7,11,13,25H,3,8-10,12,14H2,1-2H3,(H,26,27,29). The molecule has 0 fully saturated rings. The molecule has 2 amide bonds. The van der Waals surface area contributed by atoms with Crippen molar-refractivity contribution in [3.05, 3.63) is 57.4 Å². The van der Waals surface area contributed by atoms with Crippen LogP contribution in [0.5, 0.6) is 0 Å². The number of carbonyl (C=O) groups is 3. The Labute approximate surface area is 196 Å². The van der Waals surface area contributed by atoms with Gasteiger partial charge in [-0.05, 0) is 49.4 Å². The van der Waals surface area contributed by atoms with E-state index in [-0.39, 0.29) is 42.7 Å². The van der Waals surface area contributed by atoms with Gasteiger partial charge in [-0.1, -0.05) is 12.1 Å². The number of nitrogens with one attached hydrogen (secondary N) is 2. The van der Waals surface area contributed by atoms with Gasteiger partial charge in [-0.3, -0.25) is 9.59 Å². The number of carbonyl (C=O) groups excluding carboxylic acids is 3. The van der Waals surface area contributed by atoms with Gasteiger partial charge in [-0.25, -0.2) is 9.79 Å². The molecule has 0 atom stereocenters. The van der Waals surface area contributed by atoms with E-state index in [4.69, 9.17) is 4.74 Å². The summed E-state index contributed by atoms with van der Waals surface area (Å²) in [4.78, 5) is 45.7. The maximum absolute atomic E-state index is 12.8. The molecule has 9 heteroatoms. The van der Waals surface area contributed by atoms with E-state index in [1.165, 1.54) is 10.4 Å². The first-order chi connectivity index (χ1) is 16.0. The van der Waals surface area contributed by atoms with Gasteiger partial charge in [0.2, 0.25) is 11.8 Å². The zero-order chi connectivity index (χ0) is 23.4. The van der Waals surface area contributed by atoms with Gasteiger partial charge in [0.05, 0.1) is 18.0 Å². The zero-order valence-electron chi connectivity index (χ0n) is 18.6. The van der Waals surface area contributed by atoms with Crippen molar-refractivity contribution < 1.29 is 19.1 Å². The van der Waals surface area contributed by atoms with Crippen LogP contribution in [-0.4, -0.2) is 41.7 Å². The van der Waals surface area contributed by atoms with Crippen molar-refractivity contribution in [1.29, 1.82) is 0 Å². The quantitative estimate of drug-likeness (QED) is 0.657. The van der Waals surface area contributed by atoms with Crippen LogP contribution >= 0.6 is 11.3 Å². The van der Waals surface area contributed by atoms with Crippen molar-refractivity contribution in [1.82, 2.24) is 10.2 Å². The van der Waals surface area contributed by atoms with Crippen molar-refractivity contribution in [2.45, 2.75) is 39.7 Å². The maximum Gasteiger partial charge on any atom is 0.343 e. The topological polar surface area (TPSA) is 100 Å². The molecule has 8 nitrogen and oxygen atoms in total. The molecule has 1 aromatic carbocycles. The van der Waals surface area contributed by atoms with E-state index in [0.717, 1.165) is 6.42 Å². The van der Waals surface area contributed by atoms with Gasteiger partial charge in [0.15, 0.2) is 0 Å². The number of para-hydroxylation sites is 2. The summed E-state index contributed by atoms with van der Waals surface area (Å²) >= 11 is 1.72. The van der Waals surface area contributed by atoms with Gasteiger partial charge in [0.1, 0.15) is 11.4 Å². The summed E-state index contributed by atoms with van der Waals surface area (Å²) in [7, 11) is 0. The molecule has 0 bridgehead atoms. The second-order valence-electron chi connectivity index (χ2n) is 7.81. The van der Waals surface area contributed by atoms with E-state index >= 15 is 0 Å². The molecule has 0 aliphatic carbocycles. The maximum atomic E-state index is 12.8. The van der Waals surface area contributed by atoms with Crippen LogP contribution in [0.25, 0.3) is 0 Å². The molecular weight excluding hydrogens is 440 g/mol. The lowest BCUT2D eigenvalue weighted by atomic mass is 10.1. The molecule has 2 N–H and O–H groups in total. The lowest BCUT2D eigenvalue weighted by molar-refractivity contribution is -0.138. The monoisotopic (exact) mass is 466 g/mol. The molecule has 172 valence electrons. The molecule has 2 aliphatic heterocycles. The molecule has 0 saturated carbocycles. The van der Waals surface area contributed by atoms with Crippen LogP contribution in [0.3, 0.4) is 0 Å². The molecule has 33 heavy (non-hydrogen) atoms. The number of nitrogens with zero attached hydrogens (tertiary/aromatic N) is 2. The number of hydrogen-bond donors (Lipinski definition) is 2. The minimum absolute atomic E-state index is 0.00489. The fourth-order valence-electron chi connectivity index (χ4n) is 3.87. The van der Waals surface area contributed by atoms with Crippen molar-refractivity contribution >= 4 is 46.3 Å². The molecule has 0 unspecified atom stereocenters. The number of benzene rings is 1. The molecular formula is C24H26N4O4S. The summed E-state index contributed by atoms with van der Waals surface area (Å²) in [6.45, 7) is 4.89. The van der Waals surface area contributed by atoms with E-state index < -0.39 is 5.97 Å². The smallest absolute Gasteiger partial charge is 0.343 e. The molecule has 0 spiro atoms. The first kappa shape index (κ1) is 22.7. The van der Waals surface area contributed by atoms with Gasteiger partial charge in [0, 0.05) is 36.5 Å². The lowest BCUT2D eigenvalue weighted by Crippen LogP contribution is -2.38. The van der Waals surface area contributed by atoms with Crippen molar-refractivity contribution in [2.75, 3.05) is 18.5 Å². The number of amidine groups is 1. The van der Waals surface area contributed by atoms with Crippen LogP contribution in [0.4, 0.5) is 11.4 Å². The normalized spacial score (nSPS) is 15.0. The summed E-state index contributed by atoms with van der Waals surface area (Å²) in [6, 6.07) is 9.35. The Morgan fingerprint density at radius 3 is 2.85 bits per heavy atom. The van der Waals surface area contributed by atoms with Crippen LogP contribution in [-0.2, 0) is 32.1 Å². The third kappa shape index (κ3) is 5.14. The number of aliphatic imine (C=N–C) groups is 1. The molecule has 3 heterocycles. The van der Waals surface area contributed by atoms with E-state index in [1.54, 1.807) is 36.2 Å². The van der Waals surface area contributed by atoms with E-state index in [0.29, 0.717) is 30.2 Å². The number of rotatable bonds is 5. The number of amides is 2. The molecule has 2 aliphatic rings. The molecule has 0 radical (unpaired) electrons. The molecule has 2 aromatic rings. The number of thiophene rings is 1. The van der Waals surface area contributed by atoms with Crippen molar-refractivity contribution in [3.8, 4) is 0 Å². The lowest BCUT2D eigenvalue weighted by Gasteiger charge is -2.27. The number of anilines is 1. The largest absolute Gasteiger partial charge is 0.462 e. The highest BCUT2D eigenvalue weighted by atomic mass is 32.1. The van der Waals surface area contributed by atoms with Gasteiger partial charge < -0.3 is 20.3 Å². The van der Waals surface area contributed by atoms with E-state index in [2.05, 4.69) is 15.6 Å². The van der Waals surface area contributed by atoms with Crippen molar-refractivity contribution in [3.63, 3.8) is 0 Å². The Bertz CT molecular complexity index is 1150. The second kappa shape index (κ2) is 9.99. The Kier molecular flexibility index (Phi) is 6.88. The molecule has 0 saturated heterocycles. The number of allylic oxidation sites excluding steroid dienone is 1. The predicted octanol–water partition coefficient (Wildman–Crippen LogP) is 3.52. The van der Waals surface area contributed by atoms with Gasteiger partial charge in [0.25, 0.3) is 0 Å². The summed E-state index contributed by atoms with van der Waals surface area (Å²) < 4.78 is 5.19. The van der Waals surface area contributed by atoms with Crippen LogP contribution in [0.1, 0.15) is 37.1 Å². The third-order valence-corrected chi connectivity index (χ3v) is 6.56. The summed E-state index contributed by atoms with van der Waals surface area (Å²) in [5, 5.41) is 7.94. The van der Waals surface area contributed by atoms with E-state index in [9.17, 15) is 14.4 Å². The first-order valence-corrected chi connectivity index (χ1v) is 11.8.